The van der Waals surface area contributed by atoms with Crippen molar-refractivity contribution in [3.05, 3.63) is 0 Å². The predicted octanol–water partition coefficient (Wildman–Crippen LogP) is 0.775. The van der Waals surface area contributed by atoms with E-state index in [1.807, 2.05) is 6.92 Å². The molecule has 0 saturated carbocycles. The van der Waals surface area contributed by atoms with Gasteiger partial charge in [-0.25, -0.2) is 0 Å². The molecule has 4 heteroatoms. The third-order valence-corrected chi connectivity index (χ3v) is 3.13. The van der Waals surface area contributed by atoms with E-state index in [0.29, 0.717) is 18.4 Å². The van der Waals surface area contributed by atoms with Crippen molar-refractivity contribution >= 4 is 5.91 Å². The molecule has 4 nitrogen and oxygen atoms in total. The van der Waals surface area contributed by atoms with Crippen molar-refractivity contribution in [3.8, 4) is 0 Å². The van der Waals surface area contributed by atoms with E-state index in [-0.39, 0.29) is 12.5 Å². The molecular formula is C12H24N2O2. The predicted molar refractivity (Wildman–Crippen MR) is 64.3 cm³/mol. The van der Waals surface area contributed by atoms with Crippen LogP contribution in [0.15, 0.2) is 0 Å². The third-order valence-electron chi connectivity index (χ3n) is 3.13. The Morgan fingerprint density at radius 1 is 1.56 bits per heavy atom. The molecule has 1 aliphatic rings. The van der Waals surface area contributed by atoms with Crippen molar-refractivity contribution in [1.29, 1.82) is 0 Å². The largest absolute Gasteiger partial charge is 0.372 e. The second-order valence-electron chi connectivity index (χ2n) is 4.59. The van der Waals surface area contributed by atoms with Gasteiger partial charge in [0.2, 0.25) is 5.91 Å². The van der Waals surface area contributed by atoms with Gasteiger partial charge in [-0.3, -0.25) is 4.79 Å². The van der Waals surface area contributed by atoms with Crippen LogP contribution < -0.4 is 10.6 Å². The normalized spacial score (nSPS) is 25.4. The van der Waals surface area contributed by atoms with E-state index in [0.717, 1.165) is 26.1 Å². The van der Waals surface area contributed by atoms with E-state index in [1.165, 1.54) is 6.42 Å². The number of rotatable bonds is 6. The van der Waals surface area contributed by atoms with Crippen LogP contribution in [0.5, 0.6) is 0 Å². The Bertz CT molecular complexity index is 209. The fourth-order valence-electron chi connectivity index (χ4n) is 1.93. The molecule has 0 aromatic carbocycles. The number of hydrogen-bond donors (Lipinski definition) is 2. The van der Waals surface area contributed by atoms with Gasteiger partial charge in [0.05, 0.1) is 0 Å². The number of ether oxygens (including phenoxy) is 1. The first-order valence-electron chi connectivity index (χ1n) is 6.29. The van der Waals surface area contributed by atoms with Crippen LogP contribution >= 0.6 is 0 Å². The molecule has 1 saturated heterocycles. The van der Waals surface area contributed by atoms with Gasteiger partial charge >= 0.3 is 0 Å². The van der Waals surface area contributed by atoms with E-state index in [2.05, 4.69) is 17.6 Å². The van der Waals surface area contributed by atoms with Gasteiger partial charge in [0.1, 0.15) is 6.61 Å². The number of carbonyl (C=O) groups is 1. The van der Waals surface area contributed by atoms with Crippen LogP contribution in [0.4, 0.5) is 0 Å². The first kappa shape index (κ1) is 13.5. The van der Waals surface area contributed by atoms with Gasteiger partial charge in [-0.2, -0.15) is 0 Å². The third kappa shape index (κ3) is 4.94. The number of amides is 1. The molecule has 16 heavy (non-hydrogen) atoms. The van der Waals surface area contributed by atoms with Crippen molar-refractivity contribution in [3.63, 3.8) is 0 Å². The first-order chi connectivity index (χ1) is 7.74. The van der Waals surface area contributed by atoms with Crippen molar-refractivity contribution in [2.24, 2.45) is 11.8 Å². The van der Waals surface area contributed by atoms with Crippen LogP contribution in [-0.2, 0) is 9.53 Å². The zero-order valence-corrected chi connectivity index (χ0v) is 10.4. The number of hydrogen-bond acceptors (Lipinski definition) is 3. The molecule has 1 amide bonds. The van der Waals surface area contributed by atoms with Crippen LogP contribution in [0.25, 0.3) is 0 Å². The Morgan fingerprint density at radius 2 is 2.38 bits per heavy atom. The summed E-state index contributed by atoms with van der Waals surface area (Å²) in [6.45, 7) is 8.03. The van der Waals surface area contributed by atoms with E-state index >= 15 is 0 Å². The van der Waals surface area contributed by atoms with Crippen LogP contribution in [0, 0.1) is 11.8 Å². The molecule has 2 unspecified atom stereocenters. The Balaban J connectivity index is 2.10. The molecule has 0 aliphatic carbocycles. The topological polar surface area (TPSA) is 50.4 Å². The SMILES string of the molecule is CCCOCC(=O)NCC1CNCCC1C. The highest BCUT2D eigenvalue weighted by atomic mass is 16.5. The Labute approximate surface area is 98.1 Å². The average Bonchev–Trinajstić information content (AvgIpc) is 2.28. The second kappa shape index (κ2) is 7.63. The highest BCUT2D eigenvalue weighted by molar-refractivity contribution is 5.77. The van der Waals surface area contributed by atoms with Crippen molar-refractivity contribution in [1.82, 2.24) is 10.6 Å². The fraction of sp³-hybridized carbons (Fsp3) is 0.917. The molecule has 1 heterocycles. The van der Waals surface area contributed by atoms with Gasteiger partial charge in [0.25, 0.3) is 0 Å². The van der Waals surface area contributed by atoms with E-state index in [9.17, 15) is 4.79 Å². The molecule has 94 valence electrons. The highest BCUT2D eigenvalue weighted by Gasteiger charge is 2.21. The zero-order chi connectivity index (χ0) is 11.8. The lowest BCUT2D eigenvalue weighted by atomic mass is 9.88. The summed E-state index contributed by atoms with van der Waals surface area (Å²) in [4.78, 5) is 11.4. The van der Waals surface area contributed by atoms with Crippen LogP contribution in [0.3, 0.4) is 0 Å². The molecule has 2 atom stereocenters. The van der Waals surface area contributed by atoms with Gasteiger partial charge in [-0.15, -0.1) is 0 Å². The lowest BCUT2D eigenvalue weighted by Crippen LogP contribution is -2.43. The van der Waals surface area contributed by atoms with Crippen molar-refractivity contribution in [2.45, 2.75) is 26.7 Å². The van der Waals surface area contributed by atoms with Gasteiger partial charge < -0.3 is 15.4 Å². The molecule has 1 rings (SSSR count). The summed E-state index contributed by atoms with van der Waals surface area (Å²) in [5, 5.41) is 6.30. The summed E-state index contributed by atoms with van der Waals surface area (Å²) in [6, 6.07) is 0. The molecule has 0 aromatic rings. The summed E-state index contributed by atoms with van der Waals surface area (Å²) in [5.41, 5.74) is 0. The van der Waals surface area contributed by atoms with Gasteiger partial charge in [-0.05, 0) is 37.8 Å². The van der Waals surface area contributed by atoms with Gasteiger partial charge in [-0.1, -0.05) is 13.8 Å². The molecule has 0 bridgehead atoms. The maximum atomic E-state index is 11.4. The average molecular weight is 228 g/mol. The summed E-state index contributed by atoms with van der Waals surface area (Å²) in [6.07, 6.45) is 2.16. The lowest BCUT2D eigenvalue weighted by molar-refractivity contribution is -0.125. The Kier molecular flexibility index (Phi) is 6.42. The minimum atomic E-state index is 0.00576. The van der Waals surface area contributed by atoms with Crippen LogP contribution in [0.2, 0.25) is 0 Å². The molecule has 1 fully saturated rings. The minimum Gasteiger partial charge on any atom is -0.372 e. The van der Waals surface area contributed by atoms with Crippen molar-refractivity contribution < 1.29 is 9.53 Å². The number of carbonyl (C=O) groups excluding carboxylic acids is 1. The standard InChI is InChI=1S/C12H24N2O2/c1-3-6-16-9-12(15)14-8-11-7-13-5-4-10(11)2/h10-11,13H,3-9H2,1-2H3,(H,14,15). The number of nitrogens with one attached hydrogen (secondary N) is 2. The maximum absolute atomic E-state index is 11.4. The second-order valence-corrected chi connectivity index (χ2v) is 4.59. The van der Waals surface area contributed by atoms with Crippen LogP contribution in [-0.4, -0.2) is 38.8 Å². The molecule has 0 radical (unpaired) electrons. The smallest absolute Gasteiger partial charge is 0.246 e. The molecule has 0 spiro atoms. The fourth-order valence-corrected chi connectivity index (χ4v) is 1.93. The van der Waals surface area contributed by atoms with E-state index in [1.54, 1.807) is 0 Å². The van der Waals surface area contributed by atoms with Gasteiger partial charge in [0.15, 0.2) is 0 Å². The molecule has 0 aromatic heterocycles. The Morgan fingerprint density at radius 3 is 3.06 bits per heavy atom. The van der Waals surface area contributed by atoms with Gasteiger partial charge in [0, 0.05) is 13.2 Å². The molecular weight excluding hydrogens is 204 g/mol. The monoisotopic (exact) mass is 228 g/mol. The summed E-state index contributed by atoms with van der Waals surface area (Å²) >= 11 is 0. The summed E-state index contributed by atoms with van der Waals surface area (Å²) < 4.78 is 5.18. The van der Waals surface area contributed by atoms with Crippen molar-refractivity contribution in [2.75, 3.05) is 32.8 Å². The quantitative estimate of drug-likeness (QED) is 0.660. The number of piperidine rings is 1. The maximum Gasteiger partial charge on any atom is 0.246 e. The zero-order valence-electron chi connectivity index (χ0n) is 10.4. The molecule has 1 aliphatic heterocycles. The van der Waals surface area contributed by atoms with E-state index in [4.69, 9.17) is 4.74 Å². The molecule has 2 N–H and O–H groups in total. The van der Waals surface area contributed by atoms with Crippen LogP contribution in [0.1, 0.15) is 26.7 Å². The summed E-state index contributed by atoms with van der Waals surface area (Å²) in [5.74, 6) is 1.26. The Hall–Kier alpha value is -0.610. The summed E-state index contributed by atoms with van der Waals surface area (Å²) in [7, 11) is 0. The first-order valence-corrected chi connectivity index (χ1v) is 6.29. The lowest BCUT2D eigenvalue weighted by Gasteiger charge is -2.29. The van der Waals surface area contributed by atoms with E-state index < -0.39 is 0 Å². The minimum absolute atomic E-state index is 0.00576. The highest BCUT2D eigenvalue weighted by Crippen LogP contribution is 2.17.